The van der Waals surface area contributed by atoms with Gasteiger partial charge in [0.2, 0.25) is 0 Å². The number of hydrogen-bond donors (Lipinski definition) is 2. The molecule has 1 aliphatic heterocycles. The average Bonchev–Trinajstić information content (AvgIpc) is 2.98. The zero-order valence-electron chi connectivity index (χ0n) is 13.9. The number of aromatic nitrogens is 1. The van der Waals surface area contributed by atoms with Crippen LogP contribution in [0.25, 0.3) is 10.9 Å². The first-order chi connectivity index (χ1) is 10.7. The highest BCUT2D eigenvalue weighted by Crippen LogP contribution is 2.36. The normalized spacial score (nSPS) is 19.2. The van der Waals surface area contributed by atoms with E-state index in [9.17, 15) is 0 Å². The van der Waals surface area contributed by atoms with E-state index in [0.717, 1.165) is 31.9 Å². The summed E-state index contributed by atoms with van der Waals surface area (Å²) < 4.78 is 5.42. The number of aromatic amines is 1. The van der Waals surface area contributed by atoms with Gasteiger partial charge in [0, 0.05) is 49.3 Å². The standard InChI is InChI=1S/C18H27N3O/c1-4-13(2)18(21-9-7-19-8-10-21)16-12-20-17-6-5-14(22-3)11-15(16)17/h5-6,11-13,18-20H,4,7-10H2,1-3H3/t13?,18-/m0/s1. The summed E-state index contributed by atoms with van der Waals surface area (Å²) >= 11 is 0. The first-order valence-electron chi connectivity index (χ1n) is 8.34. The van der Waals surface area contributed by atoms with Crippen molar-refractivity contribution in [2.45, 2.75) is 26.3 Å². The third kappa shape index (κ3) is 2.85. The highest BCUT2D eigenvalue weighted by molar-refractivity contribution is 5.85. The minimum absolute atomic E-state index is 0.466. The molecule has 2 heterocycles. The van der Waals surface area contributed by atoms with Crippen LogP contribution in [0.2, 0.25) is 0 Å². The van der Waals surface area contributed by atoms with E-state index in [-0.39, 0.29) is 0 Å². The summed E-state index contributed by atoms with van der Waals surface area (Å²) in [6, 6.07) is 6.76. The number of methoxy groups -OCH3 is 1. The van der Waals surface area contributed by atoms with E-state index in [1.54, 1.807) is 7.11 Å². The second-order valence-electron chi connectivity index (χ2n) is 6.27. The monoisotopic (exact) mass is 301 g/mol. The Morgan fingerprint density at radius 3 is 2.73 bits per heavy atom. The number of fused-ring (bicyclic) bond motifs is 1. The van der Waals surface area contributed by atoms with Crippen LogP contribution in [0, 0.1) is 5.92 Å². The largest absolute Gasteiger partial charge is 0.497 e. The number of hydrogen-bond acceptors (Lipinski definition) is 3. The lowest BCUT2D eigenvalue weighted by atomic mass is 9.90. The number of piperazine rings is 1. The van der Waals surface area contributed by atoms with Gasteiger partial charge in [-0.2, -0.15) is 0 Å². The van der Waals surface area contributed by atoms with E-state index in [1.807, 2.05) is 6.07 Å². The maximum absolute atomic E-state index is 5.42. The van der Waals surface area contributed by atoms with Gasteiger partial charge >= 0.3 is 0 Å². The molecule has 1 fully saturated rings. The van der Waals surface area contributed by atoms with Crippen molar-refractivity contribution < 1.29 is 4.74 Å². The summed E-state index contributed by atoms with van der Waals surface area (Å²) in [5.74, 6) is 1.56. The predicted octanol–water partition coefficient (Wildman–Crippen LogP) is 3.17. The average molecular weight is 301 g/mol. The fourth-order valence-electron chi connectivity index (χ4n) is 3.54. The SMILES string of the molecule is CCC(C)[C@@H](c1c[nH]c2ccc(OC)cc12)N1CCNCC1. The Hall–Kier alpha value is -1.52. The molecule has 0 spiro atoms. The number of rotatable bonds is 5. The highest BCUT2D eigenvalue weighted by atomic mass is 16.5. The van der Waals surface area contributed by atoms with E-state index in [4.69, 9.17) is 4.74 Å². The molecule has 0 saturated carbocycles. The van der Waals surface area contributed by atoms with Gasteiger partial charge in [-0.1, -0.05) is 20.3 Å². The van der Waals surface area contributed by atoms with E-state index >= 15 is 0 Å². The molecule has 2 aromatic rings. The molecule has 1 aromatic heterocycles. The van der Waals surface area contributed by atoms with Crippen molar-refractivity contribution >= 4 is 10.9 Å². The summed E-state index contributed by atoms with van der Waals surface area (Å²) in [6.45, 7) is 9.05. The first-order valence-corrected chi connectivity index (χ1v) is 8.34. The predicted molar refractivity (Wildman–Crippen MR) is 91.5 cm³/mol. The molecule has 1 unspecified atom stereocenters. The molecule has 0 bridgehead atoms. The summed E-state index contributed by atoms with van der Waals surface area (Å²) in [4.78, 5) is 6.07. The number of nitrogens with one attached hydrogen (secondary N) is 2. The Morgan fingerprint density at radius 2 is 2.05 bits per heavy atom. The number of nitrogens with zero attached hydrogens (tertiary/aromatic N) is 1. The molecular weight excluding hydrogens is 274 g/mol. The van der Waals surface area contributed by atoms with Gasteiger partial charge in [-0.15, -0.1) is 0 Å². The first kappa shape index (κ1) is 15.4. The van der Waals surface area contributed by atoms with Gasteiger partial charge in [-0.3, -0.25) is 4.90 Å². The molecule has 0 aliphatic carbocycles. The summed E-state index contributed by atoms with van der Waals surface area (Å²) in [5, 5.41) is 4.75. The Balaban J connectivity index is 2.02. The molecule has 2 N–H and O–H groups in total. The number of ether oxygens (including phenoxy) is 1. The fraction of sp³-hybridized carbons (Fsp3) is 0.556. The van der Waals surface area contributed by atoms with Crippen LogP contribution in [-0.4, -0.2) is 43.2 Å². The summed E-state index contributed by atoms with van der Waals surface area (Å²) in [6.07, 6.45) is 3.38. The van der Waals surface area contributed by atoms with Crippen molar-refractivity contribution in [3.63, 3.8) is 0 Å². The van der Waals surface area contributed by atoms with Crippen LogP contribution in [-0.2, 0) is 0 Å². The Morgan fingerprint density at radius 1 is 1.27 bits per heavy atom. The van der Waals surface area contributed by atoms with Gasteiger partial charge in [-0.25, -0.2) is 0 Å². The summed E-state index contributed by atoms with van der Waals surface area (Å²) in [5.41, 5.74) is 2.60. The molecule has 3 rings (SSSR count). The topological polar surface area (TPSA) is 40.3 Å². The van der Waals surface area contributed by atoms with Crippen LogP contribution in [0.15, 0.2) is 24.4 Å². The maximum atomic E-state index is 5.42. The maximum Gasteiger partial charge on any atom is 0.119 e. The van der Waals surface area contributed by atoms with Crippen molar-refractivity contribution in [2.24, 2.45) is 5.92 Å². The molecule has 4 nitrogen and oxygen atoms in total. The second kappa shape index (κ2) is 6.71. The van der Waals surface area contributed by atoms with Crippen LogP contribution in [0.3, 0.4) is 0 Å². The van der Waals surface area contributed by atoms with Crippen LogP contribution in [0.4, 0.5) is 0 Å². The van der Waals surface area contributed by atoms with Gasteiger partial charge in [0.05, 0.1) is 7.11 Å². The van der Waals surface area contributed by atoms with E-state index in [0.29, 0.717) is 12.0 Å². The molecule has 2 atom stereocenters. The zero-order valence-corrected chi connectivity index (χ0v) is 13.9. The molecule has 0 amide bonds. The van der Waals surface area contributed by atoms with E-state index in [1.165, 1.54) is 22.9 Å². The second-order valence-corrected chi connectivity index (χ2v) is 6.27. The highest BCUT2D eigenvalue weighted by Gasteiger charge is 2.28. The fourth-order valence-corrected chi connectivity index (χ4v) is 3.54. The molecule has 1 saturated heterocycles. The van der Waals surface area contributed by atoms with Crippen molar-refractivity contribution in [3.05, 3.63) is 30.0 Å². The van der Waals surface area contributed by atoms with Crippen molar-refractivity contribution in [1.29, 1.82) is 0 Å². The van der Waals surface area contributed by atoms with Crippen molar-refractivity contribution in [2.75, 3.05) is 33.3 Å². The van der Waals surface area contributed by atoms with Crippen LogP contribution in [0.5, 0.6) is 5.75 Å². The van der Waals surface area contributed by atoms with Crippen molar-refractivity contribution in [1.82, 2.24) is 15.2 Å². The van der Waals surface area contributed by atoms with Gasteiger partial charge in [0.15, 0.2) is 0 Å². The molecule has 1 aliphatic rings. The molecule has 120 valence electrons. The van der Waals surface area contributed by atoms with Gasteiger partial charge < -0.3 is 15.0 Å². The minimum Gasteiger partial charge on any atom is -0.497 e. The van der Waals surface area contributed by atoms with Crippen LogP contribution < -0.4 is 10.1 Å². The van der Waals surface area contributed by atoms with E-state index < -0.39 is 0 Å². The lowest BCUT2D eigenvalue weighted by Crippen LogP contribution is -2.46. The third-order valence-corrected chi connectivity index (χ3v) is 4.97. The van der Waals surface area contributed by atoms with Gasteiger partial charge in [0.25, 0.3) is 0 Å². The van der Waals surface area contributed by atoms with Gasteiger partial charge in [-0.05, 0) is 29.7 Å². The lowest BCUT2D eigenvalue weighted by molar-refractivity contribution is 0.129. The van der Waals surface area contributed by atoms with Crippen LogP contribution in [0.1, 0.15) is 31.9 Å². The molecule has 22 heavy (non-hydrogen) atoms. The molecule has 0 radical (unpaired) electrons. The molecule has 4 heteroatoms. The van der Waals surface area contributed by atoms with Crippen LogP contribution >= 0.6 is 0 Å². The summed E-state index contributed by atoms with van der Waals surface area (Å²) in [7, 11) is 1.73. The number of H-pyrrole nitrogens is 1. The Labute approximate surface area is 132 Å². The minimum atomic E-state index is 0.466. The van der Waals surface area contributed by atoms with Gasteiger partial charge in [0.1, 0.15) is 5.75 Å². The zero-order chi connectivity index (χ0) is 15.5. The quantitative estimate of drug-likeness (QED) is 0.891. The Bertz CT molecular complexity index is 616. The van der Waals surface area contributed by atoms with Crippen molar-refractivity contribution in [3.8, 4) is 5.75 Å². The molecule has 1 aromatic carbocycles. The molecular formula is C18H27N3O. The smallest absolute Gasteiger partial charge is 0.119 e. The lowest BCUT2D eigenvalue weighted by Gasteiger charge is -2.38. The Kier molecular flexibility index (Phi) is 4.69. The third-order valence-electron chi connectivity index (χ3n) is 4.97. The number of benzene rings is 1. The van der Waals surface area contributed by atoms with E-state index in [2.05, 4.69) is 47.4 Å².